The monoisotopic (exact) mass is 283 g/mol. The van der Waals surface area contributed by atoms with Gasteiger partial charge in [0.2, 0.25) is 0 Å². The Bertz CT molecular complexity index is 435. The van der Waals surface area contributed by atoms with E-state index in [1.54, 1.807) is 4.68 Å². The van der Waals surface area contributed by atoms with Crippen molar-refractivity contribution in [1.82, 2.24) is 15.0 Å². The maximum atomic E-state index is 11.9. The van der Waals surface area contributed by atoms with Crippen LogP contribution in [-0.4, -0.2) is 38.3 Å². The summed E-state index contributed by atoms with van der Waals surface area (Å²) in [6, 6.07) is 0. The van der Waals surface area contributed by atoms with E-state index in [2.05, 4.69) is 10.3 Å². The molecule has 0 radical (unpaired) electrons. The molecule has 0 fully saturated rings. The molecule has 0 aromatic carbocycles. The van der Waals surface area contributed by atoms with E-state index in [1.165, 1.54) is 0 Å². The number of aryl methyl sites for hydroxylation is 1. The molecule has 0 saturated heterocycles. The largest absolute Gasteiger partial charge is 0.455 e. The van der Waals surface area contributed by atoms with Crippen molar-refractivity contribution in [3.05, 3.63) is 11.4 Å². The van der Waals surface area contributed by atoms with E-state index < -0.39 is 11.6 Å². The number of hydrogen-bond donors (Lipinski definition) is 1. The quantitative estimate of drug-likeness (QED) is 0.612. The number of aliphatic hydroxyl groups is 1. The van der Waals surface area contributed by atoms with Gasteiger partial charge in [-0.05, 0) is 40.5 Å². The van der Waals surface area contributed by atoms with Gasteiger partial charge in [0.15, 0.2) is 5.69 Å². The summed E-state index contributed by atoms with van der Waals surface area (Å²) in [5.41, 5.74) is 0.495. The summed E-state index contributed by atoms with van der Waals surface area (Å²) in [6.07, 6.45) is 3.82. The van der Waals surface area contributed by atoms with Crippen LogP contribution in [0, 0.1) is 6.92 Å². The van der Waals surface area contributed by atoms with E-state index in [1.807, 2.05) is 27.7 Å². The van der Waals surface area contributed by atoms with Gasteiger partial charge in [-0.2, -0.15) is 0 Å². The lowest BCUT2D eigenvalue weighted by atomic mass is 10.2. The Kier molecular flexibility index (Phi) is 6.13. The molecule has 1 heterocycles. The first-order valence-corrected chi connectivity index (χ1v) is 7.09. The van der Waals surface area contributed by atoms with Gasteiger partial charge in [-0.1, -0.05) is 18.1 Å². The molecule has 1 N–H and O–H groups in total. The average molecular weight is 283 g/mol. The van der Waals surface area contributed by atoms with Crippen molar-refractivity contribution in [3.63, 3.8) is 0 Å². The second-order valence-corrected chi connectivity index (χ2v) is 5.89. The predicted octanol–water partition coefficient (Wildman–Crippen LogP) is 2.09. The number of carbonyl (C=O) groups is 1. The minimum atomic E-state index is -0.530. The number of rotatable bonds is 7. The highest BCUT2D eigenvalue weighted by Gasteiger charge is 2.23. The highest BCUT2D eigenvalue weighted by molar-refractivity contribution is 5.88. The molecule has 6 heteroatoms. The fourth-order valence-electron chi connectivity index (χ4n) is 1.81. The lowest BCUT2D eigenvalue weighted by Gasteiger charge is -2.18. The second-order valence-electron chi connectivity index (χ2n) is 5.89. The SMILES string of the molecule is Cc1c(C(=O)OC(C)(C)C)nnn1CCCCCCO. The molecular formula is C14H25N3O3. The van der Waals surface area contributed by atoms with Gasteiger partial charge in [-0.15, -0.1) is 5.10 Å². The highest BCUT2D eigenvalue weighted by Crippen LogP contribution is 2.13. The first-order valence-electron chi connectivity index (χ1n) is 7.09. The zero-order chi connectivity index (χ0) is 15.2. The van der Waals surface area contributed by atoms with E-state index in [-0.39, 0.29) is 12.3 Å². The summed E-state index contributed by atoms with van der Waals surface area (Å²) in [6.45, 7) is 8.27. The summed E-state index contributed by atoms with van der Waals surface area (Å²) < 4.78 is 7.03. The third-order valence-electron chi connectivity index (χ3n) is 2.85. The van der Waals surface area contributed by atoms with Crippen LogP contribution in [0.4, 0.5) is 0 Å². The number of nitrogens with zero attached hydrogens (tertiary/aromatic N) is 3. The fraction of sp³-hybridized carbons (Fsp3) is 0.786. The van der Waals surface area contributed by atoms with Crippen molar-refractivity contribution in [2.45, 2.75) is 65.5 Å². The zero-order valence-electron chi connectivity index (χ0n) is 12.8. The van der Waals surface area contributed by atoms with Gasteiger partial charge in [0.05, 0.1) is 5.69 Å². The van der Waals surface area contributed by atoms with Crippen molar-refractivity contribution >= 4 is 5.97 Å². The molecular weight excluding hydrogens is 258 g/mol. The molecule has 0 aliphatic rings. The number of aliphatic hydroxyl groups excluding tert-OH is 1. The van der Waals surface area contributed by atoms with Crippen LogP contribution in [-0.2, 0) is 11.3 Å². The maximum Gasteiger partial charge on any atom is 0.361 e. The van der Waals surface area contributed by atoms with E-state index in [9.17, 15) is 4.79 Å². The molecule has 0 spiro atoms. The molecule has 0 aliphatic heterocycles. The van der Waals surface area contributed by atoms with E-state index in [0.717, 1.165) is 37.9 Å². The average Bonchev–Trinajstić information content (AvgIpc) is 2.69. The molecule has 1 aromatic heterocycles. The van der Waals surface area contributed by atoms with Crippen LogP contribution in [0.3, 0.4) is 0 Å². The summed E-state index contributed by atoms with van der Waals surface area (Å²) in [4.78, 5) is 11.9. The van der Waals surface area contributed by atoms with Gasteiger partial charge in [-0.3, -0.25) is 0 Å². The first-order chi connectivity index (χ1) is 9.35. The molecule has 0 amide bonds. The Morgan fingerprint density at radius 1 is 1.25 bits per heavy atom. The number of esters is 1. The summed E-state index contributed by atoms with van der Waals surface area (Å²) in [7, 11) is 0. The van der Waals surface area contributed by atoms with Crippen molar-refractivity contribution in [1.29, 1.82) is 0 Å². The molecule has 0 saturated carbocycles. The smallest absolute Gasteiger partial charge is 0.361 e. The summed E-state index contributed by atoms with van der Waals surface area (Å²) in [5, 5.41) is 16.6. The molecule has 6 nitrogen and oxygen atoms in total. The van der Waals surface area contributed by atoms with Crippen molar-refractivity contribution in [2.24, 2.45) is 0 Å². The van der Waals surface area contributed by atoms with Crippen LogP contribution < -0.4 is 0 Å². The maximum absolute atomic E-state index is 11.9. The summed E-state index contributed by atoms with van der Waals surface area (Å²) >= 11 is 0. The topological polar surface area (TPSA) is 77.2 Å². The minimum Gasteiger partial charge on any atom is -0.455 e. The zero-order valence-corrected chi connectivity index (χ0v) is 12.8. The van der Waals surface area contributed by atoms with Crippen molar-refractivity contribution in [3.8, 4) is 0 Å². The van der Waals surface area contributed by atoms with Gasteiger partial charge < -0.3 is 9.84 Å². The molecule has 20 heavy (non-hydrogen) atoms. The highest BCUT2D eigenvalue weighted by atomic mass is 16.6. The standard InChI is InChI=1S/C14H25N3O3/c1-11-12(13(19)20-14(2,3)4)15-16-17(11)9-7-5-6-8-10-18/h18H,5-10H2,1-4H3. The number of hydrogen-bond acceptors (Lipinski definition) is 5. The molecule has 114 valence electrons. The van der Waals surface area contributed by atoms with Gasteiger partial charge in [0, 0.05) is 13.2 Å². The van der Waals surface area contributed by atoms with Crippen LogP contribution >= 0.6 is 0 Å². The Balaban J connectivity index is 2.54. The van der Waals surface area contributed by atoms with Crippen LogP contribution in [0.25, 0.3) is 0 Å². The van der Waals surface area contributed by atoms with Gasteiger partial charge in [0.25, 0.3) is 0 Å². The number of aromatic nitrogens is 3. The molecule has 0 atom stereocenters. The molecule has 1 aromatic rings. The Labute approximate surface area is 120 Å². The number of unbranched alkanes of at least 4 members (excludes halogenated alkanes) is 3. The molecule has 0 bridgehead atoms. The Morgan fingerprint density at radius 3 is 2.50 bits per heavy atom. The third kappa shape index (κ3) is 5.28. The van der Waals surface area contributed by atoms with Gasteiger partial charge >= 0.3 is 5.97 Å². The van der Waals surface area contributed by atoms with Crippen LogP contribution in [0.1, 0.15) is 62.6 Å². The van der Waals surface area contributed by atoms with Crippen molar-refractivity contribution in [2.75, 3.05) is 6.61 Å². The van der Waals surface area contributed by atoms with Gasteiger partial charge in [-0.25, -0.2) is 9.48 Å². The third-order valence-corrected chi connectivity index (χ3v) is 2.85. The van der Waals surface area contributed by atoms with Crippen molar-refractivity contribution < 1.29 is 14.6 Å². The normalized spacial score (nSPS) is 11.7. The van der Waals surface area contributed by atoms with E-state index >= 15 is 0 Å². The lowest BCUT2D eigenvalue weighted by Crippen LogP contribution is -2.24. The Morgan fingerprint density at radius 2 is 1.90 bits per heavy atom. The number of ether oxygens (including phenoxy) is 1. The molecule has 0 unspecified atom stereocenters. The van der Waals surface area contributed by atoms with Crippen LogP contribution in [0.2, 0.25) is 0 Å². The second kappa shape index (κ2) is 7.38. The van der Waals surface area contributed by atoms with Crippen LogP contribution in [0.15, 0.2) is 0 Å². The molecule has 0 aliphatic carbocycles. The number of carbonyl (C=O) groups excluding carboxylic acids is 1. The predicted molar refractivity (Wildman–Crippen MR) is 75.5 cm³/mol. The lowest BCUT2D eigenvalue weighted by molar-refractivity contribution is 0.00618. The molecule has 1 rings (SSSR count). The van der Waals surface area contributed by atoms with Gasteiger partial charge in [0.1, 0.15) is 5.60 Å². The minimum absolute atomic E-state index is 0.241. The first kappa shape index (κ1) is 16.6. The Hall–Kier alpha value is -1.43. The summed E-state index contributed by atoms with van der Waals surface area (Å²) in [5.74, 6) is -0.429. The van der Waals surface area contributed by atoms with Crippen LogP contribution in [0.5, 0.6) is 0 Å². The van der Waals surface area contributed by atoms with E-state index in [0.29, 0.717) is 0 Å². The fourth-order valence-corrected chi connectivity index (χ4v) is 1.81. The van der Waals surface area contributed by atoms with E-state index in [4.69, 9.17) is 9.84 Å².